The molecule has 5 rings (SSSR count). The summed E-state index contributed by atoms with van der Waals surface area (Å²) in [6.45, 7) is 20.9. The Morgan fingerprint density at radius 1 is 1.04 bits per heavy atom. The molecule has 0 radical (unpaired) electrons. The lowest BCUT2D eigenvalue weighted by molar-refractivity contribution is -0.154. The minimum absolute atomic E-state index is 0.0200. The van der Waals surface area contributed by atoms with E-state index in [0.717, 1.165) is 17.2 Å². The Kier molecular flexibility index (Phi) is 13.1. The molecule has 1 fully saturated rings. The quantitative estimate of drug-likeness (QED) is 0.0327. The highest BCUT2D eigenvalue weighted by Gasteiger charge is 2.50. The van der Waals surface area contributed by atoms with Crippen LogP contribution in [0.15, 0.2) is 72.1 Å². The molecule has 2 aliphatic rings. The van der Waals surface area contributed by atoms with Gasteiger partial charge < -0.3 is 23.8 Å². The van der Waals surface area contributed by atoms with Gasteiger partial charge in [0.25, 0.3) is 11.8 Å². The summed E-state index contributed by atoms with van der Waals surface area (Å²) < 4.78 is 25.7. The van der Waals surface area contributed by atoms with Crippen molar-refractivity contribution in [1.29, 1.82) is 0 Å². The fourth-order valence-corrected chi connectivity index (χ4v) is 7.46. The van der Waals surface area contributed by atoms with Gasteiger partial charge in [0.1, 0.15) is 22.5 Å². The highest BCUT2D eigenvalue weighted by molar-refractivity contribution is 6.76. The number of benzene rings is 2. The lowest BCUT2D eigenvalue weighted by atomic mass is 9.89. The maximum Gasteiger partial charge on any atom is 0.419 e. The number of likely N-dealkylation sites (tertiary alicyclic amines) is 1. The number of carbonyl (C=O) groups is 3. The minimum Gasteiger partial charge on any atom is -0.483 e. The molecule has 2 amide bonds. The van der Waals surface area contributed by atoms with Crippen molar-refractivity contribution in [2.45, 2.75) is 117 Å². The molecule has 3 aromatic rings. The SMILES string of the molecule is CC(C)=CC[C@@]1(C(=O)NOCc2ccccc2)CCCN1C(=O)/C(=C/c1cn(C(=O)OC(C)(C)C)c2c3c(ccc12)OC(C)(C)C=C3)OCOCC[Si](C)(C)C. The molecular formula is C44H59N3O8Si. The van der Waals surface area contributed by atoms with Crippen LogP contribution in [0.1, 0.15) is 84.4 Å². The highest BCUT2D eigenvalue weighted by atomic mass is 28.3. The van der Waals surface area contributed by atoms with E-state index < -0.39 is 42.7 Å². The van der Waals surface area contributed by atoms with Gasteiger partial charge in [-0.3, -0.25) is 19.0 Å². The van der Waals surface area contributed by atoms with E-state index >= 15 is 0 Å². The monoisotopic (exact) mass is 785 g/mol. The van der Waals surface area contributed by atoms with Crippen molar-refractivity contribution in [1.82, 2.24) is 14.9 Å². The molecule has 2 aromatic carbocycles. The molecule has 3 heterocycles. The Morgan fingerprint density at radius 2 is 1.77 bits per heavy atom. The van der Waals surface area contributed by atoms with Crippen LogP contribution in [0.2, 0.25) is 25.7 Å². The van der Waals surface area contributed by atoms with Crippen molar-refractivity contribution in [3.05, 3.63) is 88.8 Å². The number of hydrogen-bond donors (Lipinski definition) is 1. The summed E-state index contributed by atoms with van der Waals surface area (Å²) in [4.78, 5) is 50.2. The lowest BCUT2D eigenvalue weighted by Gasteiger charge is -2.36. The summed E-state index contributed by atoms with van der Waals surface area (Å²) in [5, 5.41) is 0.681. The third-order valence-electron chi connectivity index (χ3n) is 9.65. The molecule has 0 unspecified atom stereocenters. The maximum absolute atomic E-state index is 14.9. The van der Waals surface area contributed by atoms with Crippen molar-refractivity contribution in [2.24, 2.45) is 0 Å². The molecule has 302 valence electrons. The summed E-state index contributed by atoms with van der Waals surface area (Å²) in [7, 11) is -1.39. The number of fused-ring (bicyclic) bond motifs is 3. The van der Waals surface area contributed by atoms with E-state index in [4.69, 9.17) is 23.8 Å². The fraction of sp³-hybridized carbons (Fsp3) is 0.477. The van der Waals surface area contributed by atoms with E-state index in [9.17, 15) is 14.4 Å². The Bertz CT molecular complexity index is 2000. The van der Waals surface area contributed by atoms with Crippen LogP contribution >= 0.6 is 0 Å². The van der Waals surface area contributed by atoms with Gasteiger partial charge in [-0.15, -0.1) is 0 Å². The Balaban J connectivity index is 1.57. The highest BCUT2D eigenvalue weighted by Crippen LogP contribution is 2.40. The number of nitrogens with one attached hydrogen (secondary N) is 1. The van der Waals surface area contributed by atoms with Gasteiger partial charge in [-0.2, -0.15) is 0 Å². The predicted molar refractivity (Wildman–Crippen MR) is 222 cm³/mol. The minimum atomic E-state index is -1.39. The summed E-state index contributed by atoms with van der Waals surface area (Å²) >= 11 is 0. The van der Waals surface area contributed by atoms with E-state index in [0.29, 0.717) is 53.8 Å². The number of aromatic nitrogens is 1. The van der Waals surface area contributed by atoms with Gasteiger partial charge in [-0.05, 0) is 110 Å². The van der Waals surface area contributed by atoms with E-state index in [2.05, 4.69) is 25.1 Å². The maximum atomic E-state index is 14.9. The molecule has 0 spiro atoms. The largest absolute Gasteiger partial charge is 0.483 e. The first-order valence-electron chi connectivity index (χ1n) is 19.4. The van der Waals surface area contributed by atoms with Crippen molar-refractivity contribution in [3.63, 3.8) is 0 Å². The molecule has 0 bridgehead atoms. The van der Waals surface area contributed by atoms with Gasteiger partial charge in [0.15, 0.2) is 12.6 Å². The van der Waals surface area contributed by atoms with Crippen LogP contribution in [-0.2, 0) is 35.2 Å². The van der Waals surface area contributed by atoms with Crippen LogP contribution in [0.4, 0.5) is 4.79 Å². The smallest absolute Gasteiger partial charge is 0.419 e. The number of amides is 2. The third kappa shape index (κ3) is 10.6. The first-order chi connectivity index (χ1) is 26.3. The molecular weight excluding hydrogens is 727 g/mol. The Labute approximate surface area is 332 Å². The van der Waals surface area contributed by atoms with Gasteiger partial charge in [-0.25, -0.2) is 10.3 Å². The number of nitrogens with zero attached hydrogens (tertiary/aromatic N) is 2. The summed E-state index contributed by atoms with van der Waals surface area (Å²) in [6.07, 6.45) is 9.88. The molecule has 1 atom stereocenters. The number of ether oxygens (including phenoxy) is 4. The van der Waals surface area contributed by atoms with Crippen LogP contribution in [0.3, 0.4) is 0 Å². The normalized spacial score (nSPS) is 18.0. The average molecular weight is 786 g/mol. The second kappa shape index (κ2) is 17.2. The topological polar surface area (TPSA) is 118 Å². The van der Waals surface area contributed by atoms with E-state index in [1.54, 1.807) is 17.2 Å². The van der Waals surface area contributed by atoms with E-state index in [1.165, 1.54) is 4.57 Å². The van der Waals surface area contributed by atoms with Gasteiger partial charge in [-0.1, -0.05) is 61.6 Å². The molecule has 1 saturated heterocycles. The first-order valence-corrected chi connectivity index (χ1v) is 23.1. The van der Waals surface area contributed by atoms with Crippen molar-refractivity contribution >= 4 is 49.0 Å². The van der Waals surface area contributed by atoms with Gasteiger partial charge in [0, 0.05) is 43.9 Å². The molecule has 56 heavy (non-hydrogen) atoms. The van der Waals surface area contributed by atoms with E-state index in [-0.39, 0.29) is 25.6 Å². The fourth-order valence-electron chi connectivity index (χ4n) is 6.70. The average Bonchev–Trinajstić information content (AvgIpc) is 3.71. The molecule has 12 heteroatoms. The molecule has 0 saturated carbocycles. The number of rotatable bonds is 14. The summed E-state index contributed by atoms with van der Waals surface area (Å²) in [5.74, 6) is -0.287. The van der Waals surface area contributed by atoms with Gasteiger partial charge >= 0.3 is 6.09 Å². The molecule has 0 aliphatic carbocycles. The second-order valence-corrected chi connectivity index (χ2v) is 23.2. The lowest BCUT2D eigenvalue weighted by Crippen LogP contribution is -2.57. The molecule has 2 aliphatic heterocycles. The van der Waals surface area contributed by atoms with Crippen LogP contribution in [0.25, 0.3) is 23.1 Å². The van der Waals surface area contributed by atoms with Crippen molar-refractivity contribution < 1.29 is 38.2 Å². The Hall–Kier alpha value is -4.65. The van der Waals surface area contributed by atoms with Crippen LogP contribution in [0.5, 0.6) is 5.75 Å². The summed E-state index contributed by atoms with van der Waals surface area (Å²) in [5.41, 5.74) is 3.86. The predicted octanol–water partition coefficient (Wildman–Crippen LogP) is 9.24. The molecule has 1 N–H and O–H groups in total. The number of hydrogen-bond acceptors (Lipinski definition) is 8. The van der Waals surface area contributed by atoms with Crippen molar-refractivity contribution in [2.75, 3.05) is 19.9 Å². The molecule has 11 nitrogen and oxygen atoms in total. The zero-order valence-corrected chi connectivity index (χ0v) is 35.7. The van der Waals surface area contributed by atoms with Crippen LogP contribution in [0, 0.1) is 0 Å². The summed E-state index contributed by atoms with van der Waals surface area (Å²) in [6, 6.07) is 14.2. The Morgan fingerprint density at radius 3 is 2.45 bits per heavy atom. The van der Waals surface area contributed by atoms with Gasteiger partial charge in [0.05, 0.1) is 12.1 Å². The van der Waals surface area contributed by atoms with Crippen LogP contribution in [-0.4, -0.2) is 72.1 Å². The molecule has 1 aromatic heterocycles. The number of allylic oxidation sites excluding steroid dienone is 1. The number of carbonyl (C=O) groups excluding carboxylic acids is 3. The first kappa shape index (κ1) is 42.5. The third-order valence-corrected chi connectivity index (χ3v) is 11.4. The van der Waals surface area contributed by atoms with E-state index in [1.807, 2.05) is 109 Å². The zero-order valence-electron chi connectivity index (χ0n) is 34.7. The standard InChI is InChI=1S/C44H59N3O8Si/c1-31(2)19-23-44(40(49)45-53-29-32-15-12-11-13-16-32)21-14-24-47(44)39(48)37(52-30-51-25-26-56(8,9)10)27-33-28-46(41(50)55-42(3,4)5)38-34(33)17-18-36-35(38)20-22-43(6,7)54-36/h11-13,15-20,22,27-28H,14,21,23-26,29-30H2,1-10H3,(H,45,49)/b37-27-/t44-/m1/s1. The number of hydroxylamine groups is 1. The van der Waals surface area contributed by atoms with Gasteiger partial charge in [0.2, 0.25) is 0 Å². The zero-order chi connectivity index (χ0) is 40.9. The van der Waals surface area contributed by atoms with Crippen molar-refractivity contribution in [3.8, 4) is 5.75 Å². The van der Waals surface area contributed by atoms with Crippen LogP contribution < -0.4 is 10.2 Å². The second-order valence-electron chi connectivity index (χ2n) is 17.6.